The number of fused-ring (bicyclic) bond motifs is 2. The number of hydrogen-bond donors (Lipinski definition) is 0. The highest BCUT2D eigenvalue weighted by Crippen LogP contribution is 2.45. The third-order valence-corrected chi connectivity index (χ3v) is 5.79. The van der Waals surface area contributed by atoms with Crippen molar-refractivity contribution in [2.24, 2.45) is 0 Å². The number of thioether (sulfide) groups is 1. The van der Waals surface area contributed by atoms with Crippen molar-refractivity contribution in [1.29, 1.82) is 0 Å². The van der Waals surface area contributed by atoms with Gasteiger partial charge in [0.25, 0.3) is 0 Å². The Balaban J connectivity index is 0.00000182. The second kappa shape index (κ2) is 7.56. The van der Waals surface area contributed by atoms with Crippen LogP contribution in [0.5, 0.6) is 0 Å². The van der Waals surface area contributed by atoms with E-state index in [1.807, 2.05) is 23.9 Å². The summed E-state index contributed by atoms with van der Waals surface area (Å²) in [6, 6.07) is 18.9. The number of pyridine rings is 1. The predicted octanol–water partition coefficient (Wildman–Crippen LogP) is 2.35. The van der Waals surface area contributed by atoms with Gasteiger partial charge in [-0.25, -0.2) is 0 Å². The van der Waals surface area contributed by atoms with E-state index in [0.29, 0.717) is 0 Å². The molecule has 2 nitrogen and oxygen atoms in total. The van der Waals surface area contributed by atoms with Gasteiger partial charge in [0.15, 0.2) is 0 Å². The van der Waals surface area contributed by atoms with Crippen molar-refractivity contribution in [3.8, 4) is 0 Å². The minimum absolute atomic E-state index is 0. The van der Waals surface area contributed by atoms with Crippen LogP contribution in [0.25, 0.3) is 17.0 Å². The largest absolute Gasteiger partial charge is 1.00 e. The van der Waals surface area contributed by atoms with Gasteiger partial charge in [-0.1, -0.05) is 35.5 Å². The number of rotatable bonds is 2. The average molecular weight is 481 g/mol. The first kappa shape index (κ1) is 18.5. The summed E-state index contributed by atoms with van der Waals surface area (Å²) in [5, 5.41) is 3.22. The quantitative estimate of drug-likeness (QED) is 0.411. The molecule has 2 aromatic carbocycles. The number of hydrogen-bond acceptors (Lipinski definition) is 2. The Kier molecular flexibility index (Phi) is 5.61. The highest BCUT2D eigenvalue weighted by Gasteiger charge is 2.23. The smallest absolute Gasteiger partial charge is 0.214 e. The van der Waals surface area contributed by atoms with Crippen LogP contribution in [0.4, 0.5) is 5.69 Å². The monoisotopic (exact) mass is 480 g/mol. The Hall–Kier alpha value is -1.24. The van der Waals surface area contributed by atoms with Gasteiger partial charge in [0, 0.05) is 40.6 Å². The van der Waals surface area contributed by atoms with Crippen molar-refractivity contribution in [1.82, 2.24) is 0 Å². The van der Waals surface area contributed by atoms with E-state index in [2.05, 4.69) is 72.0 Å². The van der Waals surface area contributed by atoms with Crippen LogP contribution >= 0.6 is 23.4 Å². The predicted molar refractivity (Wildman–Crippen MR) is 104 cm³/mol. The maximum absolute atomic E-state index is 6.21. The molecule has 4 rings (SSSR count). The molecular weight excluding hydrogens is 463 g/mol. The summed E-state index contributed by atoms with van der Waals surface area (Å²) < 4.78 is 2.31. The first-order valence-corrected chi connectivity index (χ1v) is 9.21. The maximum Gasteiger partial charge on any atom is 0.214 e. The summed E-state index contributed by atoms with van der Waals surface area (Å²) in [6.45, 7) is 3.07. The number of benzene rings is 2. The first-order valence-electron chi connectivity index (χ1n) is 8.02. The van der Waals surface area contributed by atoms with E-state index in [0.717, 1.165) is 11.6 Å². The molecule has 1 aromatic heterocycles. The summed E-state index contributed by atoms with van der Waals surface area (Å²) in [5.41, 5.74) is 3.62. The number of para-hydroxylation sites is 1. The number of aryl methyl sites for hydroxylation is 1. The topological polar surface area (TPSA) is 7.12 Å². The number of aromatic nitrogens is 1. The van der Waals surface area contributed by atoms with Crippen LogP contribution in [-0.2, 0) is 6.54 Å². The summed E-state index contributed by atoms with van der Waals surface area (Å²) in [5.74, 6) is 0. The van der Waals surface area contributed by atoms with Gasteiger partial charge in [0.05, 0.1) is 10.7 Å². The molecular formula is C20H18ClIN2S. The van der Waals surface area contributed by atoms with E-state index < -0.39 is 0 Å². The van der Waals surface area contributed by atoms with Gasteiger partial charge in [-0.05, 0) is 37.3 Å². The molecule has 2 heterocycles. The molecule has 0 fully saturated rings. The van der Waals surface area contributed by atoms with E-state index in [4.69, 9.17) is 11.6 Å². The van der Waals surface area contributed by atoms with E-state index >= 15 is 0 Å². The van der Waals surface area contributed by atoms with Crippen LogP contribution in [0.15, 0.2) is 64.5 Å². The van der Waals surface area contributed by atoms with Gasteiger partial charge in [0.2, 0.25) is 11.2 Å². The van der Waals surface area contributed by atoms with E-state index in [9.17, 15) is 0 Å². The van der Waals surface area contributed by atoms with Gasteiger partial charge in [-0.2, -0.15) is 4.57 Å². The molecule has 0 aliphatic carbocycles. The summed E-state index contributed by atoms with van der Waals surface area (Å²) in [4.78, 5) is 3.56. The number of halogens is 2. The van der Waals surface area contributed by atoms with Gasteiger partial charge >= 0.3 is 0 Å². The lowest BCUT2D eigenvalue weighted by Crippen LogP contribution is -3.00. The second-order valence-electron chi connectivity index (χ2n) is 5.82. The van der Waals surface area contributed by atoms with Crippen molar-refractivity contribution in [2.45, 2.75) is 18.4 Å². The van der Waals surface area contributed by atoms with Gasteiger partial charge in [-0.3, -0.25) is 0 Å². The van der Waals surface area contributed by atoms with Crippen molar-refractivity contribution < 1.29 is 28.5 Å². The third kappa shape index (κ3) is 3.39. The van der Waals surface area contributed by atoms with Crippen LogP contribution in [0, 0.1) is 0 Å². The molecule has 0 unspecified atom stereocenters. The molecule has 128 valence electrons. The molecule has 0 bridgehead atoms. The SMILES string of the molecule is CC[n+]1c(/C=C2\Sc3ccccc3N2C)ccc2ccc(Cl)cc21.[I-]. The summed E-state index contributed by atoms with van der Waals surface area (Å²) in [6.07, 6.45) is 2.26. The standard InChI is InChI=1S/C20H18ClN2S.HI/c1-3-23-16(11-9-14-8-10-15(21)12-18(14)23)13-20-22(2)17-6-4-5-7-19(17)24-20;/h4-13H,3H2,1-2H3;1H/q+1;/p-1. The average Bonchev–Trinajstić information content (AvgIpc) is 2.91. The zero-order valence-corrected chi connectivity index (χ0v) is 17.8. The van der Waals surface area contributed by atoms with Crippen molar-refractivity contribution >= 4 is 46.0 Å². The molecule has 0 N–H and O–H groups in total. The zero-order chi connectivity index (χ0) is 16.7. The van der Waals surface area contributed by atoms with E-state index in [-0.39, 0.29) is 24.0 Å². The molecule has 25 heavy (non-hydrogen) atoms. The fourth-order valence-electron chi connectivity index (χ4n) is 3.15. The fraction of sp³-hybridized carbons (Fsp3) is 0.150. The molecule has 0 spiro atoms. The molecule has 1 aliphatic rings. The van der Waals surface area contributed by atoms with Crippen molar-refractivity contribution in [3.63, 3.8) is 0 Å². The number of nitrogens with zero attached hydrogens (tertiary/aromatic N) is 2. The minimum Gasteiger partial charge on any atom is -1.00 e. The van der Waals surface area contributed by atoms with Gasteiger partial charge in [0.1, 0.15) is 6.54 Å². The van der Waals surface area contributed by atoms with E-state index in [1.165, 1.54) is 32.2 Å². The molecule has 0 radical (unpaired) electrons. The highest BCUT2D eigenvalue weighted by molar-refractivity contribution is 8.03. The summed E-state index contributed by atoms with van der Waals surface area (Å²) >= 11 is 8.03. The Morgan fingerprint density at radius 3 is 2.64 bits per heavy atom. The Morgan fingerprint density at radius 2 is 1.88 bits per heavy atom. The van der Waals surface area contributed by atoms with Crippen molar-refractivity contribution in [2.75, 3.05) is 11.9 Å². The molecule has 5 heteroatoms. The summed E-state index contributed by atoms with van der Waals surface area (Å²) in [7, 11) is 2.12. The lowest BCUT2D eigenvalue weighted by atomic mass is 10.2. The van der Waals surface area contributed by atoms with E-state index in [1.54, 1.807) is 0 Å². The van der Waals surface area contributed by atoms with Crippen LogP contribution in [-0.4, -0.2) is 7.05 Å². The molecule has 0 saturated carbocycles. The van der Waals surface area contributed by atoms with Crippen molar-refractivity contribution in [3.05, 3.63) is 70.3 Å². The molecule has 0 amide bonds. The second-order valence-corrected chi connectivity index (χ2v) is 7.32. The Bertz CT molecular complexity index is 971. The van der Waals surface area contributed by atoms with Crippen LogP contribution in [0.1, 0.15) is 12.6 Å². The minimum atomic E-state index is 0. The normalized spacial score (nSPS) is 14.7. The Morgan fingerprint density at radius 1 is 1.12 bits per heavy atom. The third-order valence-electron chi connectivity index (χ3n) is 4.39. The molecule has 3 aromatic rings. The lowest BCUT2D eigenvalue weighted by molar-refractivity contribution is -0.669. The first-order chi connectivity index (χ1) is 11.7. The molecule has 0 saturated heterocycles. The zero-order valence-electron chi connectivity index (χ0n) is 14.0. The molecule has 0 atom stereocenters. The maximum atomic E-state index is 6.21. The number of anilines is 1. The fourth-order valence-corrected chi connectivity index (χ4v) is 4.41. The van der Waals surface area contributed by atoms with Crippen LogP contribution in [0.3, 0.4) is 0 Å². The van der Waals surface area contributed by atoms with Gasteiger partial charge < -0.3 is 28.9 Å². The Labute approximate surface area is 174 Å². The molecule has 1 aliphatic heterocycles. The van der Waals surface area contributed by atoms with Gasteiger partial charge in [-0.15, -0.1) is 0 Å². The van der Waals surface area contributed by atoms with Crippen LogP contribution in [0.2, 0.25) is 5.02 Å². The highest BCUT2D eigenvalue weighted by atomic mass is 127. The van der Waals surface area contributed by atoms with Crippen LogP contribution < -0.4 is 33.4 Å². The lowest BCUT2D eigenvalue weighted by Gasteiger charge is -2.13.